The van der Waals surface area contributed by atoms with Gasteiger partial charge in [-0.1, -0.05) is 0 Å². The topological polar surface area (TPSA) is 32.7 Å². The molecule has 0 saturated heterocycles. The molecule has 0 fully saturated rings. The van der Waals surface area contributed by atoms with Crippen LogP contribution < -0.4 is 0 Å². The van der Waals surface area contributed by atoms with Crippen LogP contribution in [0.4, 0.5) is 4.79 Å². The first kappa shape index (κ1) is 10.1. The van der Waals surface area contributed by atoms with E-state index in [1.54, 1.807) is 11.8 Å². The van der Waals surface area contributed by atoms with Gasteiger partial charge in [-0.3, -0.25) is 0 Å². The van der Waals surface area contributed by atoms with Gasteiger partial charge in [0.25, 0.3) is 0 Å². The fourth-order valence-corrected chi connectivity index (χ4v) is 0.906. The van der Waals surface area contributed by atoms with E-state index in [0.717, 1.165) is 0 Å². The summed E-state index contributed by atoms with van der Waals surface area (Å²) in [5.74, 6) is 0. The van der Waals surface area contributed by atoms with Crippen LogP contribution in [0.1, 0.15) is 27.7 Å². The largest absolute Gasteiger partial charge is 0.343 e. The summed E-state index contributed by atoms with van der Waals surface area (Å²) in [6.45, 7) is 8.36. The number of rotatable bonds is 2. The van der Waals surface area contributed by atoms with Crippen LogP contribution in [-0.2, 0) is 0 Å². The zero-order valence-electron chi connectivity index (χ0n) is 7.66. The summed E-state index contributed by atoms with van der Waals surface area (Å²) in [5, 5.41) is 0. The second kappa shape index (κ2) is 4.88. The van der Waals surface area contributed by atoms with Gasteiger partial charge in [0, 0.05) is 18.8 Å². The lowest BCUT2D eigenvalue weighted by Crippen LogP contribution is -2.34. The van der Waals surface area contributed by atoms with Crippen molar-refractivity contribution in [1.29, 1.82) is 0 Å². The maximum Gasteiger partial charge on any atom is 0.343 e. The Bertz CT molecular complexity index is 152. The molecule has 0 radical (unpaired) electrons. The average Bonchev–Trinajstić information content (AvgIpc) is 1.88. The SMILES string of the molecule is C/C=N\C(=O)N(CC)C(C)C. The fourth-order valence-electron chi connectivity index (χ4n) is 0.906. The van der Waals surface area contributed by atoms with Gasteiger partial charge in [-0.25, -0.2) is 9.79 Å². The number of nitrogens with zero attached hydrogens (tertiary/aromatic N) is 2. The number of hydrogen-bond donors (Lipinski definition) is 0. The summed E-state index contributed by atoms with van der Waals surface area (Å²) in [7, 11) is 0. The molecule has 3 heteroatoms. The van der Waals surface area contributed by atoms with E-state index in [-0.39, 0.29) is 12.1 Å². The molecule has 2 amide bonds. The highest BCUT2D eigenvalue weighted by Gasteiger charge is 2.11. The highest BCUT2D eigenvalue weighted by Crippen LogP contribution is 1.99. The molecule has 0 bridgehead atoms. The van der Waals surface area contributed by atoms with Gasteiger partial charge in [-0.05, 0) is 27.7 Å². The van der Waals surface area contributed by atoms with Gasteiger partial charge in [0.15, 0.2) is 0 Å². The number of carbonyl (C=O) groups is 1. The Morgan fingerprint density at radius 3 is 2.45 bits per heavy atom. The second-order valence-corrected chi connectivity index (χ2v) is 2.55. The zero-order chi connectivity index (χ0) is 8.85. The average molecular weight is 156 g/mol. The molecule has 0 aliphatic rings. The Balaban J connectivity index is 4.14. The van der Waals surface area contributed by atoms with E-state index >= 15 is 0 Å². The van der Waals surface area contributed by atoms with Crippen LogP contribution in [0, 0.1) is 0 Å². The van der Waals surface area contributed by atoms with Gasteiger partial charge in [-0.15, -0.1) is 0 Å². The van der Waals surface area contributed by atoms with Gasteiger partial charge >= 0.3 is 6.03 Å². The first-order valence-electron chi connectivity index (χ1n) is 3.92. The molecule has 0 unspecified atom stereocenters. The Morgan fingerprint density at radius 1 is 1.64 bits per heavy atom. The minimum Gasteiger partial charge on any atom is -0.321 e. The predicted octanol–water partition coefficient (Wildman–Crippen LogP) is 1.93. The second-order valence-electron chi connectivity index (χ2n) is 2.55. The third kappa shape index (κ3) is 3.16. The van der Waals surface area contributed by atoms with Gasteiger partial charge < -0.3 is 4.90 Å². The van der Waals surface area contributed by atoms with Crippen molar-refractivity contribution in [3.05, 3.63) is 0 Å². The minimum atomic E-state index is -0.148. The molecule has 0 aliphatic carbocycles. The molecule has 0 aromatic carbocycles. The molecule has 0 aliphatic heterocycles. The molecule has 3 nitrogen and oxygen atoms in total. The number of carbonyl (C=O) groups excluding carboxylic acids is 1. The van der Waals surface area contributed by atoms with Crippen molar-refractivity contribution in [3.8, 4) is 0 Å². The van der Waals surface area contributed by atoms with E-state index in [0.29, 0.717) is 6.54 Å². The molecule has 0 spiro atoms. The molecular formula is C8H16N2O. The summed E-state index contributed by atoms with van der Waals surface area (Å²) < 4.78 is 0. The lowest BCUT2D eigenvalue weighted by atomic mass is 10.3. The predicted molar refractivity (Wildman–Crippen MR) is 47.1 cm³/mol. The third-order valence-corrected chi connectivity index (χ3v) is 1.45. The molecule has 0 rings (SSSR count). The van der Waals surface area contributed by atoms with Gasteiger partial charge in [0.1, 0.15) is 0 Å². The molecule has 0 aromatic heterocycles. The summed E-state index contributed by atoms with van der Waals surface area (Å²) in [6.07, 6.45) is 1.52. The third-order valence-electron chi connectivity index (χ3n) is 1.45. The fraction of sp³-hybridized carbons (Fsp3) is 0.750. The normalized spacial score (nSPS) is 11.0. The van der Waals surface area contributed by atoms with Crippen LogP contribution >= 0.6 is 0 Å². The monoisotopic (exact) mass is 156 g/mol. The lowest BCUT2D eigenvalue weighted by molar-refractivity contribution is 0.197. The first-order valence-corrected chi connectivity index (χ1v) is 3.92. The van der Waals surface area contributed by atoms with E-state index < -0.39 is 0 Å². The van der Waals surface area contributed by atoms with Crippen molar-refractivity contribution in [2.75, 3.05) is 6.54 Å². The summed E-state index contributed by atoms with van der Waals surface area (Å²) in [6, 6.07) is 0.0844. The zero-order valence-corrected chi connectivity index (χ0v) is 7.66. The van der Waals surface area contributed by atoms with E-state index in [1.807, 2.05) is 20.8 Å². The van der Waals surface area contributed by atoms with Gasteiger partial charge in [0.05, 0.1) is 0 Å². The Labute approximate surface area is 68.1 Å². The Hall–Kier alpha value is -0.860. The maximum atomic E-state index is 11.1. The van der Waals surface area contributed by atoms with Crippen molar-refractivity contribution < 1.29 is 4.79 Å². The lowest BCUT2D eigenvalue weighted by Gasteiger charge is -2.22. The highest BCUT2D eigenvalue weighted by molar-refractivity contribution is 5.83. The molecule has 0 N–H and O–H groups in total. The van der Waals surface area contributed by atoms with E-state index in [1.165, 1.54) is 6.21 Å². The molecule has 0 heterocycles. The van der Waals surface area contributed by atoms with Crippen LogP contribution in [-0.4, -0.2) is 29.7 Å². The minimum absolute atomic E-state index is 0.148. The molecule has 64 valence electrons. The van der Waals surface area contributed by atoms with Crippen molar-refractivity contribution >= 4 is 12.2 Å². The standard InChI is InChI=1S/C8H16N2O/c1-5-9-8(11)10(6-2)7(3)4/h5,7H,6H2,1-4H3/b9-5-. The van der Waals surface area contributed by atoms with Crippen molar-refractivity contribution in [2.45, 2.75) is 33.7 Å². The van der Waals surface area contributed by atoms with Crippen LogP contribution in [0.2, 0.25) is 0 Å². The van der Waals surface area contributed by atoms with Crippen molar-refractivity contribution in [3.63, 3.8) is 0 Å². The number of amides is 2. The smallest absolute Gasteiger partial charge is 0.321 e. The summed E-state index contributed by atoms with van der Waals surface area (Å²) in [4.78, 5) is 16.5. The molecule has 0 aromatic rings. The number of urea groups is 1. The number of hydrogen-bond acceptors (Lipinski definition) is 1. The van der Waals surface area contributed by atoms with Gasteiger partial charge in [-0.2, -0.15) is 0 Å². The maximum absolute atomic E-state index is 11.1. The van der Waals surface area contributed by atoms with E-state index in [9.17, 15) is 4.79 Å². The summed E-state index contributed by atoms with van der Waals surface area (Å²) in [5.41, 5.74) is 0. The first-order chi connectivity index (χ1) is 5.13. The molecule has 0 atom stereocenters. The van der Waals surface area contributed by atoms with Crippen LogP contribution in [0.25, 0.3) is 0 Å². The summed E-state index contributed by atoms with van der Waals surface area (Å²) >= 11 is 0. The van der Waals surface area contributed by atoms with Crippen molar-refractivity contribution in [1.82, 2.24) is 4.90 Å². The molecule has 11 heavy (non-hydrogen) atoms. The van der Waals surface area contributed by atoms with Crippen molar-refractivity contribution in [2.24, 2.45) is 4.99 Å². The molecule has 0 saturated carbocycles. The number of aliphatic imine (C=N–C) groups is 1. The van der Waals surface area contributed by atoms with E-state index in [4.69, 9.17) is 0 Å². The Kier molecular flexibility index (Phi) is 4.50. The van der Waals surface area contributed by atoms with Gasteiger partial charge in [0.2, 0.25) is 0 Å². The molecular weight excluding hydrogens is 140 g/mol. The Morgan fingerprint density at radius 2 is 2.18 bits per heavy atom. The van der Waals surface area contributed by atoms with E-state index in [2.05, 4.69) is 4.99 Å². The van der Waals surface area contributed by atoms with Crippen LogP contribution in [0.15, 0.2) is 4.99 Å². The highest BCUT2D eigenvalue weighted by atomic mass is 16.2. The van der Waals surface area contributed by atoms with Crippen LogP contribution in [0.5, 0.6) is 0 Å². The van der Waals surface area contributed by atoms with Crippen LogP contribution in [0.3, 0.4) is 0 Å². The quantitative estimate of drug-likeness (QED) is 0.562.